The molecule has 0 saturated carbocycles. The standard InChI is InChI=1S/C18H14FN3O3/c1-8-16(9(2)25-22-8)11-6-14-12(5-13(11)19)17-15(21-14)4-10(7-20-17)18(23)24-3/h4-7,21H,1-3H3. The van der Waals surface area contributed by atoms with E-state index in [4.69, 9.17) is 9.26 Å². The first kappa shape index (κ1) is 15.3. The van der Waals surface area contributed by atoms with Crippen LogP contribution in [0.1, 0.15) is 21.8 Å². The Kier molecular flexibility index (Phi) is 3.31. The number of rotatable bonds is 2. The van der Waals surface area contributed by atoms with Gasteiger partial charge in [-0.3, -0.25) is 4.98 Å². The third kappa shape index (κ3) is 2.27. The molecule has 0 unspecified atom stereocenters. The topological polar surface area (TPSA) is 81.0 Å². The Morgan fingerprint density at radius 2 is 2.04 bits per heavy atom. The van der Waals surface area contributed by atoms with Crippen molar-refractivity contribution in [3.05, 3.63) is 47.2 Å². The van der Waals surface area contributed by atoms with Crippen molar-refractivity contribution in [2.24, 2.45) is 0 Å². The maximum atomic E-state index is 14.7. The highest BCUT2D eigenvalue weighted by Gasteiger charge is 2.18. The summed E-state index contributed by atoms with van der Waals surface area (Å²) in [7, 11) is 1.31. The van der Waals surface area contributed by atoms with Gasteiger partial charge in [-0.1, -0.05) is 5.16 Å². The van der Waals surface area contributed by atoms with Gasteiger partial charge >= 0.3 is 5.97 Å². The lowest BCUT2D eigenvalue weighted by Crippen LogP contribution is -2.01. The van der Waals surface area contributed by atoms with Crippen LogP contribution in [0.15, 0.2) is 28.9 Å². The third-order valence-electron chi connectivity index (χ3n) is 4.24. The summed E-state index contributed by atoms with van der Waals surface area (Å²) in [6.07, 6.45) is 1.42. The first-order chi connectivity index (χ1) is 12.0. The van der Waals surface area contributed by atoms with E-state index in [1.807, 2.05) is 0 Å². The number of benzene rings is 1. The van der Waals surface area contributed by atoms with E-state index in [1.165, 1.54) is 19.4 Å². The molecule has 0 saturated heterocycles. The molecule has 0 aliphatic heterocycles. The second-order valence-electron chi connectivity index (χ2n) is 5.81. The fourth-order valence-corrected chi connectivity index (χ4v) is 3.08. The smallest absolute Gasteiger partial charge is 0.339 e. The van der Waals surface area contributed by atoms with Crippen LogP contribution in [0.3, 0.4) is 0 Å². The summed E-state index contributed by atoms with van der Waals surface area (Å²) in [6, 6.07) is 4.78. The second-order valence-corrected chi connectivity index (χ2v) is 5.81. The number of hydrogen-bond donors (Lipinski definition) is 1. The molecule has 0 aliphatic rings. The van der Waals surface area contributed by atoms with E-state index in [0.29, 0.717) is 50.1 Å². The molecule has 0 aliphatic carbocycles. The number of carbonyl (C=O) groups is 1. The minimum Gasteiger partial charge on any atom is -0.465 e. The van der Waals surface area contributed by atoms with Crippen molar-refractivity contribution in [2.45, 2.75) is 13.8 Å². The number of halogens is 1. The number of hydrogen-bond acceptors (Lipinski definition) is 5. The molecule has 7 heteroatoms. The van der Waals surface area contributed by atoms with Gasteiger partial charge in [-0.15, -0.1) is 0 Å². The highest BCUT2D eigenvalue weighted by molar-refractivity contribution is 6.07. The van der Waals surface area contributed by atoms with Gasteiger partial charge in [0.15, 0.2) is 0 Å². The van der Waals surface area contributed by atoms with E-state index in [0.717, 1.165) is 0 Å². The number of aryl methyl sites for hydroxylation is 2. The van der Waals surface area contributed by atoms with Crippen molar-refractivity contribution in [1.29, 1.82) is 0 Å². The molecular weight excluding hydrogens is 325 g/mol. The summed E-state index contributed by atoms with van der Waals surface area (Å²) in [6.45, 7) is 3.51. The van der Waals surface area contributed by atoms with Gasteiger partial charge in [0.2, 0.25) is 0 Å². The fourth-order valence-electron chi connectivity index (χ4n) is 3.08. The number of methoxy groups -OCH3 is 1. The number of H-pyrrole nitrogens is 1. The zero-order valence-electron chi connectivity index (χ0n) is 13.8. The molecule has 6 nitrogen and oxygen atoms in total. The van der Waals surface area contributed by atoms with Crippen LogP contribution in [0.25, 0.3) is 33.1 Å². The minimum absolute atomic E-state index is 0.327. The second kappa shape index (κ2) is 5.41. The first-order valence-corrected chi connectivity index (χ1v) is 7.62. The number of ether oxygens (including phenoxy) is 1. The van der Waals surface area contributed by atoms with Crippen molar-refractivity contribution >= 4 is 27.9 Å². The van der Waals surface area contributed by atoms with E-state index >= 15 is 0 Å². The molecule has 0 radical (unpaired) electrons. The number of fused-ring (bicyclic) bond motifs is 3. The average molecular weight is 339 g/mol. The summed E-state index contributed by atoms with van der Waals surface area (Å²) in [5, 5.41) is 4.52. The molecule has 3 aromatic heterocycles. The highest BCUT2D eigenvalue weighted by atomic mass is 19.1. The largest absolute Gasteiger partial charge is 0.465 e. The molecule has 4 rings (SSSR count). The monoisotopic (exact) mass is 339 g/mol. The van der Waals surface area contributed by atoms with Crippen molar-refractivity contribution in [1.82, 2.24) is 15.1 Å². The van der Waals surface area contributed by atoms with Gasteiger partial charge in [0.25, 0.3) is 0 Å². The molecule has 3 heterocycles. The van der Waals surface area contributed by atoms with Crippen molar-refractivity contribution in [3.63, 3.8) is 0 Å². The fraction of sp³-hybridized carbons (Fsp3) is 0.167. The van der Waals surface area contributed by atoms with E-state index in [-0.39, 0.29) is 5.82 Å². The van der Waals surface area contributed by atoms with Gasteiger partial charge in [-0.05, 0) is 32.0 Å². The third-order valence-corrected chi connectivity index (χ3v) is 4.24. The maximum absolute atomic E-state index is 14.7. The number of esters is 1. The molecule has 0 amide bonds. The zero-order chi connectivity index (χ0) is 17.7. The summed E-state index contributed by atoms with van der Waals surface area (Å²) < 4.78 is 24.6. The summed E-state index contributed by atoms with van der Waals surface area (Å²) in [4.78, 5) is 19.1. The van der Waals surface area contributed by atoms with Gasteiger partial charge in [0.1, 0.15) is 11.6 Å². The number of nitrogens with one attached hydrogen (secondary N) is 1. The van der Waals surface area contributed by atoms with E-state index < -0.39 is 5.97 Å². The van der Waals surface area contributed by atoms with Crippen LogP contribution < -0.4 is 0 Å². The summed E-state index contributed by atoms with van der Waals surface area (Å²) >= 11 is 0. The van der Waals surface area contributed by atoms with Crippen LogP contribution >= 0.6 is 0 Å². The number of nitrogens with zero attached hydrogens (tertiary/aromatic N) is 2. The van der Waals surface area contributed by atoms with Crippen LogP contribution in [-0.2, 0) is 4.74 Å². The minimum atomic E-state index is -0.476. The van der Waals surface area contributed by atoms with Crippen LogP contribution in [0.4, 0.5) is 4.39 Å². The molecule has 25 heavy (non-hydrogen) atoms. The van der Waals surface area contributed by atoms with Crippen LogP contribution in [-0.4, -0.2) is 28.2 Å². The Hall–Kier alpha value is -3.22. The van der Waals surface area contributed by atoms with Crippen molar-refractivity contribution < 1.29 is 18.4 Å². The first-order valence-electron chi connectivity index (χ1n) is 7.62. The Bertz CT molecular complexity index is 1120. The number of carbonyl (C=O) groups excluding carboxylic acids is 1. The Balaban J connectivity index is 1.97. The van der Waals surface area contributed by atoms with Crippen LogP contribution in [0.2, 0.25) is 0 Å². The molecule has 0 atom stereocenters. The predicted molar refractivity (Wildman–Crippen MR) is 89.9 cm³/mol. The van der Waals surface area contributed by atoms with Crippen molar-refractivity contribution in [2.75, 3.05) is 7.11 Å². The van der Waals surface area contributed by atoms with Crippen LogP contribution in [0.5, 0.6) is 0 Å². The van der Waals surface area contributed by atoms with Crippen molar-refractivity contribution in [3.8, 4) is 11.1 Å². The Morgan fingerprint density at radius 3 is 2.72 bits per heavy atom. The molecule has 126 valence electrons. The summed E-state index contributed by atoms with van der Waals surface area (Å²) in [5.74, 6) is -0.310. The Morgan fingerprint density at radius 1 is 1.24 bits per heavy atom. The lowest BCUT2D eigenvalue weighted by Gasteiger charge is -2.03. The SMILES string of the molecule is COC(=O)c1cnc2c(c1)[nH]c1cc(-c3c(C)noc3C)c(F)cc12. The molecule has 1 aromatic carbocycles. The van der Waals surface area contributed by atoms with E-state index in [9.17, 15) is 9.18 Å². The molecule has 0 bridgehead atoms. The van der Waals surface area contributed by atoms with Gasteiger partial charge in [-0.25, -0.2) is 9.18 Å². The number of pyridine rings is 1. The van der Waals surface area contributed by atoms with Gasteiger partial charge in [0, 0.05) is 22.7 Å². The molecule has 4 aromatic rings. The molecular formula is C18H14FN3O3. The zero-order valence-corrected chi connectivity index (χ0v) is 13.8. The average Bonchev–Trinajstić information content (AvgIpc) is 3.12. The molecule has 0 fully saturated rings. The van der Waals surface area contributed by atoms with E-state index in [1.54, 1.807) is 26.0 Å². The predicted octanol–water partition coefficient (Wildman–Crippen LogP) is 3.91. The van der Waals surface area contributed by atoms with Crippen LogP contribution in [0, 0.1) is 19.7 Å². The Labute approximate surface area is 141 Å². The quantitative estimate of drug-likeness (QED) is 0.560. The van der Waals surface area contributed by atoms with E-state index in [2.05, 4.69) is 15.1 Å². The highest BCUT2D eigenvalue weighted by Crippen LogP contribution is 2.34. The lowest BCUT2D eigenvalue weighted by atomic mass is 10.0. The van der Waals surface area contributed by atoms with Gasteiger partial charge < -0.3 is 14.2 Å². The molecule has 1 N–H and O–H groups in total. The number of aromatic amines is 1. The normalized spacial score (nSPS) is 11.4. The molecule has 0 spiro atoms. The van der Waals surface area contributed by atoms with Gasteiger partial charge in [0.05, 0.1) is 35.0 Å². The maximum Gasteiger partial charge on any atom is 0.339 e. The lowest BCUT2D eigenvalue weighted by molar-refractivity contribution is 0.0600. The number of aromatic nitrogens is 3. The summed E-state index contributed by atoms with van der Waals surface area (Å²) in [5.41, 5.74) is 3.93. The van der Waals surface area contributed by atoms with Gasteiger partial charge in [-0.2, -0.15) is 0 Å².